The van der Waals surface area contributed by atoms with Crippen molar-refractivity contribution in [2.75, 3.05) is 14.2 Å². The smallest absolute Gasteiger partial charge is 0.309 e. The second kappa shape index (κ2) is 4.71. The van der Waals surface area contributed by atoms with Gasteiger partial charge in [-0.05, 0) is 17.7 Å². The van der Waals surface area contributed by atoms with Crippen molar-refractivity contribution in [3.63, 3.8) is 0 Å². The zero-order valence-corrected chi connectivity index (χ0v) is 9.46. The van der Waals surface area contributed by atoms with E-state index in [-0.39, 0.29) is 11.1 Å². The van der Waals surface area contributed by atoms with Gasteiger partial charge in [-0.2, -0.15) is 0 Å². The summed E-state index contributed by atoms with van der Waals surface area (Å²) in [6.07, 6.45) is 0. The Morgan fingerprint density at radius 3 is 2.13 bits per heavy atom. The molecule has 0 aliphatic carbocycles. The average molecular weight is 230 g/mol. The number of hydrogen-bond acceptors (Lipinski definition) is 3. The van der Waals surface area contributed by atoms with Crippen LogP contribution in [0.5, 0.6) is 0 Å². The van der Waals surface area contributed by atoms with Crippen molar-refractivity contribution >= 4 is 12.9 Å². The van der Waals surface area contributed by atoms with Gasteiger partial charge in [-0.25, -0.2) is 4.39 Å². The molecule has 0 fully saturated rings. The van der Waals surface area contributed by atoms with Gasteiger partial charge in [-0.3, -0.25) is 4.57 Å². The van der Waals surface area contributed by atoms with Crippen LogP contribution >= 0.6 is 7.60 Å². The van der Waals surface area contributed by atoms with Crippen LogP contribution < -0.4 is 0 Å². The van der Waals surface area contributed by atoms with Gasteiger partial charge in [0.25, 0.3) is 0 Å². The largest absolute Gasteiger partial charge is 0.360 e. The average Bonchev–Trinajstić information content (AvgIpc) is 2.28. The molecule has 3 nitrogen and oxygen atoms in total. The lowest BCUT2D eigenvalue weighted by Crippen LogP contribution is -1.92. The van der Waals surface area contributed by atoms with Crippen molar-refractivity contribution < 1.29 is 18.0 Å². The molecule has 0 saturated carbocycles. The van der Waals surface area contributed by atoms with Crippen LogP contribution in [0.2, 0.25) is 0 Å². The second-order valence-corrected chi connectivity index (χ2v) is 5.08. The lowest BCUT2D eigenvalue weighted by molar-refractivity contribution is 0.288. The third-order valence-corrected chi connectivity index (χ3v) is 3.87. The van der Waals surface area contributed by atoms with Crippen molar-refractivity contribution in [3.05, 3.63) is 42.2 Å². The molecule has 0 heterocycles. The second-order valence-electron chi connectivity index (χ2n) is 2.82. The van der Waals surface area contributed by atoms with Gasteiger partial charge in [0.1, 0.15) is 5.82 Å². The van der Waals surface area contributed by atoms with E-state index in [1.807, 2.05) is 0 Å². The molecule has 0 saturated heterocycles. The van der Waals surface area contributed by atoms with Crippen molar-refractivity contribution in [2.45, 2.75) is 0 Å². The molecule has 0 aromatic heterocycles. The summed E-state index contributed by atoms with van der Waals surface area (Å²) in [4.78, 5) is 0. The molecule has 0 aliphatic heterocycles. The van der Waals surface area contributed by atoms with Crippen LogP contribution in [0.1, 0.15) is 5.56 Å². The Morgan fingerprint density at radius 2 is 1.73 bits per heavy atom. The van der Waals surface area contributed by atoms with Crippen LogP contribution in [-0.2, 0) is 13.6 Å². The summed E-state index contributed by atoms with van der Waals surface area (Å²) in [7, 11) is -0.773. The molecule has 0 radical (unpaired) electrons. The fourth-order valence-corrected chi connectivity index (χ4v) is 2.15. The summed E-state index contributed by atoms with van der Waals surface area (Å²) in [6, 6.07) is 5.47. The highest BCUT2D eigenvalue weighted by atomic mass is 31.2. The summed E-state index contributed by atoms with van der Waals surface area (Å²) < 4.78 is 34.1. The Morgan fingerprint density at radius 1 is 1.27 bits per heavy atom. The first kappa shape index (κ1) is 12.1. The van der Waals surface area contributed by atoms with Gasteiger partial charge in [0, 0.05) is 14.2 Å². The number of rotatable bonds is 4. The highest BCUT2D eigenvalue weighted by Gasteiger charge is 2.26. The molecule has 0 amide bonds. The molecule has 0 N–H and O–H groups in total. The maximum Gasteiger partial charge on any atom is 0.360 e. The van der Waals surface area contributed by atoms with Gasteiger partial charge in [0.05, 0.1) is 5.31 Å². The summed E-state index contributed by atoms with van der Waals surface area (Å²) in [6.45, 7) is 3.63. The summed E-state index contributed by atoms with van der Waals surface area (Å²) in [5.41, 5.74) is 0.531. The van der Waals surface area contributed by atoms with E-state index >= 15 is 0 Å². The van der Waals surface area contributed by atoms with Gasteiger partial charge >= 0.3 is 7.60 Å². The van der Waals surface area contributed by atoms with E-state index in [4.69, 9.17) is 9.05 Å². The standard InChI is InChI=1S/C10H12FO3P/c1-8(15(12,13-2)14-3)9-4-6-10(11)7-5-9/h4-7H,1H2,2-3H3. The molecule has 0 atom stereocenters. The summed E-state index contributed by atoms with van der Waals surface area (Å²) in [5.74, 6) is -0.365. The van der Waals surface area contributed by atoms with E-state index in [2.05, 4.69) is 6.58 Å². The van der Waals surface area contributed by atoms with Crippen molar-refractivity contribution in [2.24, 2.45) is 0 Å². The van der Waals surface area contributed by atoms with Gasteiger partial charge in [0.15, 0.2) is 0 Å². The van der Waals surface area contributed by atoms with Crippen LogP contribution in [0.25, 0.3) is 5.31 Å². The molecular formula is C10H12FO3P. The van der Waals surface area contributed by atoms with Crippen molar-refractivity contribution in [1.29, 1.82) is 0 Å². The highest BCUT2D eigenvalue weighted by molar-refractivity contribution is 7.65. The zero-order valence-electron chi connectivity index (χ0n) is 8.57. The molecule has 0 spiro atoms. The van der Waals surface area contributed by atoms with Gasteiger partial charge in [-0.1, -0.05) is 18.7 Å². The summed E-state index contributed by atoms with van der Waals surface area (Å²) in [5, 5.41) is 0.215. The van der Waals surface area contributed by atoms with Crippen molar-refractivity contribution in [3.8, 4) is 0 Å². The molecule has 1 aromatic rings. The lowest BCUT2D eigenvalue weighted by Gasteiger charge is -2.15. The zero-order chi connectivity index (χ0) is 11.5. The first-order chi connectivity index (χ1) is 7.03. The first-order valence-electron chi connectivity index (χ1n) is 4.20. The molecule has 0 aliphatic rings. The molecule has 0 bridgehead atoms. The maximum absolute atomic E-state index is 12.6. The molecule has 5 heteroatoms. The monoisotopic (exact) mass is 230 g/mol. The third-order valence-electron chi connectivity index (χ3n) is 1.99. The topological polar surface area (TPSA) is 35.5 Å². The molecule has 15 heavy (non-hydrogen) atoms. The number of benzene rings is 1. The van der Waals surface area contributed by atoms with Crippen LogP contribution in [-0.4, -0.2) is 14.2 Å². The van der Waals surface area contributed by atoms with E-state index in [1.165, 1.54) is 38.5 Å². The minimum Gasteiger partial charge on any atom is -0.309 e. The van der Waals surface area contributed by atoms with E-state index in [0.717, 1.165) is 0 Å². The molecule has 82 valence electrons. The van der Waals surface area contributed by atoms with E-state index < -0.39 is 7.60 Å². The molecular weight excluding hydrogens is 218 g/mol. The minimum absolute atomic E-state index is 0.215. The number of halogens is 1. The lowest BCUT2D eigenvalue weighted by atomic mass is 10.2. The normalized spacial score (nSPS) is 11.4. The van der Waals surface area contributed by atoms with Gasteiger partial charge in [0.2, 0.25) is 0 Å². The Balaban J connectivity index is 3.04. The molecule has 1 aromatic carbocycles. The van der Waals surface area contributed by atoms with Crippen LogP contribution in [0.4, 0.5) is 4.39 Å². The Labute approximate surface area is 88.1 Å². The van der Waals surface area contributed by atoms with Crippen molar-refractivity contribution in [1.82, 2.24) is 0 Å². The number of hydrogen-bond donors (Lipinski definition) is 0. The highest BCUT2D eigenvalue weighted by Crippen LogP contribution is 2.58. The first-order valence-corrected chi connectivity index (χ1v) is 5.74. The quantitative estimate of drug-likeness (QED) is 0.744. The SMILES string of the molecule is C=C(c1ccc(F)cc1)P(=O)(OC)OC. The molecule has 0 unspecified atom stereocenters. The fourth-order valence-electron chi connectivity index (χ4n) is 1.10. The summed E-state index contributed by atoms with van der Waals surface area (Å²) >= 11 is 0. The van der Waals surface area contributed by atoms with Gasteiger partial charge in [-0.15, -0.1) is 0 Å². The van der Waals surface area contributed by atoms with Crippen LogP contribution in [0.15, 0.2) is 30.8 Å². The van der Waals surface area contributed by atoms with E-state index in [1.54, 1.807) is 0 Å². The van der Waals surface area contributed by atoms with Crippen LogP contribution in [0, 0.1) is 5.82 Å². The Bertz CT molecular complexity index is 392. The minimum atomic E-state index is -3.33. The van der Waals surface area contributed by atoms with Gasteiger partial charge < -0.3 is 9.05 Å². The fraction of sp³-hybridized carbons (Fsp3) is 0.200. The predicted molar refractivity (Wildman–Crippen MR) is 57.1 cm³/mol. The predicted octanol–water partition coefficient (Wildman–Crippen LogP) is 3.28. The Hall–Kier alpha value is -0.960. The molecule has 1 rings (SSSR count). The Kier molecular flexibility index (Phi) is 3.80. The van der Waals surface area contributed by atoms with Crippen LogP contribution in [0.3, 0.4) is 0 Å². The maximum atomic E-state index is 12.6. The third kappa shape index (κ3) is 2.53. The van der Waals surface area contributed by atoms with E-state index in [9.17, 15) is 8.96 Å². The van der Waals surface area contributed by atoms with E-state index in [0.29, 0.717) is 5.56 Å².